The molecule has 1 aliphatic heterocycles. The molecular weight excluding hydrogens is 240 g/mol. The normalized spacial score (nSPS) is 14.5. The lowest BCUT2D eigenvalue weighted by atomic mass is 10.0. The second kappa shape index (κ2) is 4.76. The molecule has 0 fully saturated rings. The molecule has 1 aromatic heterocycles. The molecule has 0 radical (unpaired) electrons. The molecule has 0 spiro atoms. The fraction of sp³-hybridized carbons (Fsp3) is 0.286. The summed E-state index contributed by atoms with van der Waals surface area (Å²) in [6.07, 6.45) is 3.24. The van der Waals surface area contributed by atoms with Crippen LogP contribution in [0.1, 0.15) is 12.0 Å². The minimum absolute atomic E-state index is 0.179. The van der Waals surface area contributed by atoms with Crippen LogP contribution in [0.15, 0.2) is 36.5 Å². The van der Waals surface area contributed by atoms with Crippen LogP contribution in [-0.4, -0.2) is 22.2 Å². The highest BCUT2D eigenvalue weighted by atomic mass is 16.2. The van der Waals surface area contributed by atoms with Crippen LogP contribution in [-0.2, 0) is 17.8 Å². The van der Waals surface area contributed by atoms with E-state index < -0.39 is 0 Å². The number of nitrogens with zero attached hydrogens (tertiary/aromatic N) is 3. The van der Waals surface area contributed by atoms with Crippen molar-refractivity contribution < 1.29 is 4.79 Å². The van der Waals surface area contributed by atoms with Crippen LogP contribution >= 0.6 is 0 Å². The Morgan fingerprint density at radius 3 is 2.79 bits per heavy atom. The summed E-state index contributed by atoms with van der Waals surface area (Å²) in [7, 11) is 0. The van der Waals surface area contributed by atoms with Crippen LogP contribution in [0.3, 0.4) is 0 Å². The standard InChI is InChI=1S/C14H16N4O/c15-13-7-8-17(16-13)9-10-18-12-4-2-1-3-11(12)5-6-14(18)19/h1-4,7-8H,5-6,9-10H2,(H2,15,16). The Bertz CT molecular complexity index is 605. The third-order valence-corrected chi connectivity index (χ3v) is 3.41. The van der Waals surface area contributed by atoms with Crippen molar-refractivity contribution in [3.63, 3.8) is 0 Å². The Balaban J connectivity index is 1.78. The van der Waals surface area contributed by atoms with Crippen LogP contribution in [0.2, 0.25) is 0 Å². The number of hydrogen-bond acceptors (Lipinski definition) is 3. The molecule has 3 rings (SSSR count). The van der Waals surface area contributed by atoms with Gasteiger partial charge in [0.05, 0.1) is 6.54 Å². The van der Waals surface area contributed by atoms with Crippen LogP contribution in [0.5, 0.6) is 0 Å². The van der Waals surface area contributed by atoms with Gasteiger partial charge in [-0.3, -0.25) is 9.48 Å². The Morgan fingerprint density at radius 1 is 1.16 bits per heavy atom. The zero-order valence-corrected chi connectivity index (χ0v) is 10.6. The maximum absolute atomic E-state index is 12.1. The number of nitrogen functional groups attached to an aromatic ring is 1. The smallest absolute Gasteiger partial charge is 0.227 e. The average Bonchev–Trinajstić information content (AvgIpc) is 2.83. The van der Waals surface area contributed by atoms with E-state index in [9.17, 15) is 4.79 Å². The molecule has 98 valence electrons. The van der Waals surface area contributed by atoms with Crippen molar-refractivity contribution in [3.8, 4) is 0 Å². The fourth-order valence-corrected chi connectivity index (χ4v) is 2.45. The van der Waals surface area contributed by atoms with Crippen molar-refractivity contribution in [1.82, 2.24) is 9.78 Å². The summed E-state index contributed by atoms with van der Waals surface area (Å²) < 4.78 is 1.76. The lowest BCUT2D eigenvalue weighted by molar-refractivity contribution is -0.118. The van der Waals surface area contributed by atoms with Gasteiger partial charge in [0.2, 0.25) is 5.91 Å². The highest BCUT2D eigenvalue weighted by molar-refractivity contribution is 5.96. The monoisotopic (exact) mass is 256 g/mol. The van der Waals surface area contributed by atoms with Crippen molar-refractivity contribution >= 4 is 17.4 Å². The molecule has 1 amide bonds. The lowest BCUT2D eigenvalue weighted by Crippen LogP contribution is -2.37. The third-order valence-electron chi connectivity index (χ3n) is 3.41. The van der Waals surface area contributed by atoms with Gasteiger partial charge in [0.25, 0.3) is 0 Å². The van der Waals surface area contributed by atoms with Gasteiger partial charge in [0.1, 0.15) is 5.82 Å². The van der Waals surface area contributed by atoms with Crippen molar-refractivity contribution in [2.45, 2.75) is 19.4 Å². The first-order chi connectivity index (χ1) is 9.24. The predicted octanol–water partition coefficient (Wildman–Crippen LogP) is 1.44. The lowest BCUT2D eigenvalue weighted by Gasteiger charge is -2.29. The molecule has 2 aromatic rings. The van der Waals surface area contributed by atoms with Gasteiger partial charge in [-0.15, -0.1) is 0 Å². The van der Waals surface area contributed by atoms with E-state index in [2.05, 4.69) is 11.2 Å². The number of carbonyl (C=O) groups is 1. The number of carbonyl (C=O) groups excluding carboxylic acids is 1. The van der Waals surface area contributed by atoms with Crippen LogP contribution in [0.4, 0.5) is 11.5 Å². The van der Waals surface area contributed by atoms with Gasteiger partial charge >= 0.3 is 0 Å². The summed E-state index contributed by atoms with van der Waals surface area (Å²) in [6, 6.07) is 9.83. The minimum Gasteiger partial charge on any atom is -0.382 e. The minimum atomic E-state index is 0.179. The van der Waals surface area contributed by atoms with Crippen molar-refractivity contribution in [3.05, 3.63) is 42.1 Å². The molecule has 2 heterocycles. The third kappa shape index (κ3) is 2.31. The summed E-state index contributed by atoms with van der Waals surface area (Å²) in [5.41, 5.74) is 7.84. The van der Waals surface area contributed by atoms with E-state index in [1.807, 2.05) is 29.3 Å². The van der Waals surface area contributed by atoms with Gasteiger partial charge < -0.3 is 10.6 Å². The number of aromatic nitrogens is 2. The summed E-state index contributed by atoms with van der Waals surface area (Å²) >= 11 is 0. The number of aryl methyl sites for hydroxylation is 1. The van der Waals surface area contributed by atoms with Crippen LogP contribution < -0.4 is 10.6 Å². The van der Waals surface area contributed by atoms with E-state index in [1.165, 1.54) is 5.56 Å². The van der Waals surface area contributed by atoms with Crippen molar-refractivity contribution in [1.29, 1.82) is 0 Å². The first kappa shape index (κ1) is 11.8. The van der Waals surface area contributed by atoms with Crippen LogP contribution in [0, 0.1) is 0 Å². The first-order valence-corrected chi connectivity index (χ1v) is 6.41. The molecule has 0 saturated heterocycles. The van der Waals surface area contributed by atoms with E-state index in [1.54, 1.807) is 10.7 Å². The number of nitrogens with two attached hydrogens (primary N) is 1. The predicted molar refractivity (Wildman–Crippen MR) is 73.8 cm³/mol. The van der Waals surface area contributed by atoms with Gasteiger partial charge in [-0.1, -0.05) is 18.2 Å². The second-order valence-corrected chi connectivity index (χ2v) is 4.68. The Kier molecular flexibility index (Phi) is 2.95. The molecule has 0 atom stereocenters. The Labute approximate surface area is 111 Å². The van der Waals surface area contributed by atoms with Crippen LogP contribution in [0.25, 0.3) is 0 Å². The fourth-order valence-electron chi connectivity index (χ4n) is 2.45. The highest BCUT2D eigenvalue weighted by Crippen LogP contribution is 2.27. The topological polar surface area (TPSA) is 64.2 Å². The number of hydrogen-bond donors (Lipinski definition) is 1. The number of benzene rings is 1. The first-order valence-electron chi connectivity index (χ1n) is 6.41. The Hall–Kier alpha value is -2.30. The van der Waals surface area contributed by atoms with Gasteiger partial charge in [-0.25, -0.2) is 0 Å². The van der Waals surface area contributed by atoms with Gasteiger partial charge in [0.15, 0.2) is 0 Å². The molecule has 5 heteroatoms. The number of para-hydroxylation sites is 1. The molecule has 1 aliphatic rings. The zero-order chi connectivity index (χ0) is 13.2. The molecule has 1 aromatic carbocycles. The summed E-state index contributed by atoms with van der Waals surface area (Å²) in [5.74, 6) is 0.684. The largest absolute Gasteiger partial charge is 0.382 e. The number of fused-ring (bicyclic) bond motifs is 1. The SMILES string of the molecule is Nc1ccn(CCN2C(=O)CCc3ccccc32)n1. The Morgan fingerprint density at radius 2 is 2.00 bits per heavy atom. The molecule has 0 aliphatic carbocycles. The molecule has 2 N–H and O–H groups in total. The molecule has 0 bridgehead atoms. The second-order valence-electron chi connectivity index (χ2n) is 4.68. The van der Waals surface area contributed by atoms with Gasteiger partial charge in [-0.05, 0) is 24.1 Å². The maximum Gasteiger partial charge on any atom is 0.227 e. The quantitative estimate of drug-likeness (QED) is 0.903. The summed E-state index contributed by atoms with van der Waals surface area (Å²) in [5, 5.41) is 4.13. The van der Waals surface area contributed by atoms with E-state index >= 15 is 0 Å². The number of rotatable bonds is 3. The zero-order valence-electron chi connectivity index (χ0n) is 10.6. The number of anilines is 2. The van der Waals surface area contributed by atoms with Gasteiger partial charge in [-0.2, -0.15) is 5.10 Å². The maximum atomic E-state index is 12.1. The number of amides is 1. The van der Waals surface area contributed by atoms with E-state index in [-0.39, 0.29) is 5.91 Å². The molecule has 19 heavy (non-hydrogen) atoms. The molecule has 0 saturated carbocycles. The molecular formula is C14H16N4O. The van der Waals surface area contributed by atoms with Crippen molar-refractivity contribution in [2.75, 3.05) is 17.2 Å². The summed E-state index contributed by atoms with van der Waals surface area (Å²) in [4.78, 5) is 13.9. The highest BCUT2D eigenvalue weighted by Gasteiger charge is 2.23. The van der Waals surface area contributed by atoms with E-state index in [0.717, 1.165) is 12.1 Å². The van der Waals surface area contributed by atoms with Gasteiger partial charge in [0, 0.05) is 24.8 Å². The van der Waals surface area contributed by atoms with Crippen molar-refractivity contribution in [2.24, 2.45) is 0 Å². The summed E-state index contributed by atoms with van der Waals surface area (Å²) in [6.45, 7) is 1.27. The van der Waals surface area contributed by atoms with E-state index in [4.69, 9.17) is 5.73 Å². The van der Waals surface area contributed by atoms with E-state index in [0.29, 0.717) is 25.3 Å². The average molecular weight is 256 g/mol. The molecule has 5 nitrogen and oxygen atoms in total. The molecule has 0 unspecified atom stereocenters.